The number of carbonyl (C=O) groups is 5. The van der Waals surface area contributed by atoms with Crippen LogP contribution in [0.4, 0.5) is 10.5 Å². The summed E-state index contributed by atoms with van der Waals surface area (Å²) in [5.74, 6) is -3.14. The lowest BCUT2D eigenvalue weighted by atomic mass is 9.85. The van der Waals surface area contributed by atoms with Gasteiger partial charge in [-0.2, -0.15) is 0 Å². The van der Waals surface area contributed by atoms with Crippen molar-refractivity contribution in [2.75, 3.05) is 18.1 Å². The van der Waals surface area contributed by atoms with Gasteiger partial charge in [0.1, 0.15) is 11.9 Å². The molecule has 0 saturated carbocycles. The maximum atomic E-state index is 13.7. The number of imide groups is 1. The van der Waals surface area contributed by atoms with Crippen molar-refractivity contribution >= 4 is 45.4 Å². The van der Waals surface area contributed by atoms with Gasteiger partial charge in [0.2, 0.25) is 10.0 Å². The van der Waals surface area contributed by atoms with E-state index in [-0.39, 0.29) is 23.5 Å². The molecule has 14 heteroatoms. The average molecular weight is 710 g/mol. The fraction of sp³-hybridized carbons (Fsp3) is 0.686. The Bertz CT molecular complexity index is 1450. The molecule has 1 aromatic carbocycles. The molecule has 1 aromatic rings. The van der Waals surface area contributed by atoms with E-state index in [9.17, 15) is 32.4 Å². The summed E-state index contributed by atoms with van der Waals surface area (Å²) in [5, 5.41) is 2.60. The Hall–Kier alpha value is -3.52. The zero-order chi connectivity index (χ0) is 37.2. The number of ether oxygens (including phenoxy) is 3. The van der Waals surface area contributed by atoms with Gasteiger partial charge in [-0.05, 0) is 58.7 Å². The summed E-state index contributed by atoms with van der Waals surface area (Å²) in [6.07, 6.45) is 7.89. The molecule has 0 spiro atoms. The number of esters is 1. The SMILES string of the molecule is CCCCCCCCCCC(CNS(C)(=O)=O)OC(=O)c1ccc(NC(=O)C(C(=O)C(C)(C)C)N2C(=O)OC(C)(C)C2=O)c(OC(C)C)c1. The lowest BCUT2D eigenvalue weighted by molar-refractivity contribution is -0.145. The van der Waals surface area contributed by atoms with E-state index in [0.29, 0.717) is 11.3 Å². The quantitative estimate of drug-likeness (QED) is 0.0963. The van der Waals surface area contributed by atoms with Crippen molar-refractivity contribution in [2.45, 2.75) is 137 Å². The third-order valence-electron chi connectivity index (χ3n) is 7.83. The molecular weight excluding hydrogens is 654 g/mol. The number of hydrogen-bond donors (Lipinski definition) is 2. The molecule has 49 heavy (non-hydrogen) atoms. The highest BCUT2D eigenvalue weighted by Crippen LogP contribution is 2.32. The summed E-state index contributed by atoms with van der Waals surface area (Å²) < 4.78 is 42.8. The minimum absolute atomic E-state index is 0.0734. The minimum Gasteiger partial charge on any atom is -0.489 e. The van der Waals surface area contributed by atoms with Crippen LogP contribution in [0.5, 0.6) is 5.75 Å². The van der Waals surface area contributed by atoms with Gasteiger partial charge in [-0.15, -0.1) is 0 Å². The molecule has 2 rings (SSSR count). The Balaban J connectivity index is 2.29. The normalized spacial score (nSPS) is 15.9. The van der Waals surface area contributed by atoms with Crippen molar-refractivity contribution < 1.29 is 46.6 Å². The van der Waals surface area contributed by atoms with Crippen molar-refractivity contribution in [2.24, 2.45) is 5.41 Å². The Kier molecular flexibility index (Phi) is 15.2. The molecule has 0 radical (unpaired) electrons. The molecule has 1 saturated heterocycles. The number of amides is 3. The number of anilines is 1. The van der Waals surface area contributed by atoms with Gasteiger partial charge < -0.3 is 19.5 Å². The first-order chi connectivity index (χ1) is 22.7. The highest BCUT2D eigenvalue weighted by Gasteiger charge is 2.55. The van der Waals surface area contributed by atoms with E-state index in [1.54, 1.807) is 34.6 Å². The molecule has 0 bridgehead atoms. The van der Waals surface area contributed by atoms with Gasteiger partial charge in [0.25, 0.3) is 11.8 Å². The molecule has 1 fully saturated rings. The molecule has 276 valence electrons. The fourth-order valence-corrected chi connectivity index (χ4v) is 5.64. The van der Waals surface area contributed by atoms with Crippen LogP contribution in [0.3, 0.4) is 0 Å². The van der Waals surface area contributed by atoms with Gasteiger partial charge in [-0.3, -0.25) is 14.4 Å². The number of nitrogens with zero attached hydrogens (tertiary/aromatic N) is 1. The number of Topliss-reactive ketones (excluding diaryl/α,β-unsaturated/α-hetero) is 1. The van der Waals surface area contributed by atoms with Crippen LogP contribution in [0.2, 0.25) is 0 Å². The smallest absolute Gasteiger partial charge is 0.418 e. The number of hydrogen-bond acceptors (Lipinski definition) is 10. The number of benzene rings is 1. The molecule has 0 aliphatic carbocycles. The summed E-state index contributed by atoms with van der Waals surface area (Å²) in [6.45, 7) is 13.0. The predicted molar refractivity (Wildman–Crippen MR) is 186 cm³/mol. The van der Waals surface area contributed by atoms with Gasteiger partial charge in [-0.1, -0.05) is 72.6 Å². The number of nitrogens with one attached hydrogen (secondary N) is 2. The van der Waals surface area contributed by atoms with Gasteiger partial charge in [0, 0.05) is 12.0 Å². The third-order valence-corrected chi connectivity index (χ3v) is 8.52. The maximum Gasteiger partial charge on any atom is 0.418 e. The summed E-state index contributed by atoms with van der Waals surface area (Å²) in [7, 11) is -3.53. The number of ketones is 1. The maximum absolute atomic E-state index is 13.7. The number of carbonyl (C=O) groups excluding carboxylic acids is 5. The monoisotopic (exact) mass is 709 g/mol. The van der Waals surface area contributed by atoms with Crippen molar-refractivity contribution in [3.8, 4) is 5.75 Å². The van der Waals surface area contributed by atoms with Crippen LogP contribution in [0.25, 0.3) is 0 Å². The first-order valence-electron chi connectivity index (χ1n) is 17.1. The molecule has 1 aliphatic rings. The Morgan fingerprint density at radius 1 is 0.980 bits per heavy atom. The van der Waals surface area contributed by atoms with Gasteiger partial charge in [-0.25, -0.2) is 27.6 Å². The second-order valence-electron chi connectivity index (χ2n) is 14.3. The standard InChI is InChI=1S/C35H55N3O10S/c1-10-11-12-13-14-15-16-17-18-25(22-36-49(9,44)45)47-31(41)24-19-20-26(27(21-24)46-23(2)3)37-30(40)28(29(39)34(4,5)6)38-32(42)35(7,8)48-33(38)43/h19-21,23,25,28,36H,10-18,22H2,1-9H3,(H,37,40). The van der Waals surface area contributed by atoms with E-state index in [1.807, 2.05) is 0 Å². The summed E-state index contributed by atoms with van der Waals surface area (Å²) in [6, 6.07) is 2.31. The topological polar surface area (TPSA) is 174 Å². The Labute approximate surface area is 291 Å². The molecular formula is C35H55N3O10S. The number of rotatable bonds is 20. The highest BCUT2D eigenvalue weighted by atomic mass is 32.2. The lowest BCUT2D eigenvalue weighted by Crippen LogP contribution is -2.55. The molecule has 1 heterocycles. The van der Waals surface area contributed by atoms with Crippen molar-refractivity contribution in [3.63, 3.8) is 0 Å². The van der Waals surface area contributed by atoms with Crippen molar-refractivity contribution in [3.05, 3.63) is 23.8 Å². The highest BCUT2D eigenvalue weighted by molar-refractivity contribution is 7.88. The van der Waals surface area contributed by atoms with E-state index < -0.39 is 68.9 Å². The second-order valence-corrected chi connectivity index (χ2v) is 16.2. The van der Waals surface area contributed by atoms with Gasteiger partial charge in [0.15, 0.2) is 17.4 Å². The number of sulfonamides is 1. The van der Waals surface area contributed by atoms with Crippen molar-refractivity contribution in [1.82, 2.24) is 9.62 Å². The zero-order valence-corrected chi connectivity index (χ0v) is 31.3. The van der Waals surface area contributed by atoms with E-state index in [4.69, 9.17) is 14.2 Å². The number of cyclic esters (lactones) is 1. The first-order valence-corrected chi connectivity index (χ1v) is 18.9. The molecule has 1 aliphatic heterocycles. The van der Waals surface area contributed by atoms with E-state index in [2.05, 4.69) is 17.0 Å². The Morgan fingerprint density at radius 2 is 1.57 bits per heavy atom. The summed E-state index contributed by atoms with van der Waals surface area (Å²) in [5.41, 5.74) is -2.52. The molecule has 2 atom stereocenters. The fourth-order valence-electron chi connectivity index (χ4n) is 5.15. The van der Waals surface area contributed by atoms with Crippen LogP contribution in [-0.2, 0) is 33.9 Å². The largest absolute Gasteiger partial charge is 0.489 e. The molecule has 2 N–H and O–H groups in total. The first kappa shape index (κ1) is 41.7. The molecule has 2 unspecified atom stereocenters. The third kappa shape index (κ3) is 13.0. The van der Waals surface area contributed by atoms with Crippen LogP contribution in [0, 0.1) is 5.41 Å². The zero-order valence-electron chi connectivity index (χ0n) is 30.5. The average Bonchev–Trinajstić information content (AvgIpc) is 3.18. The van der Waals surface area contributed by atoms with E-state index >= 15 is 0 Å². The second kappa shape index (κ2) is 17.9. The van der Waals surface area contributed by atoms with Gasteiger partial charge in [0.05, 0.1) is 23.6 Å². The van der Waals surface area contributed by atoms with Crippen molar-refractivity contribution in [1.29, 1.82) is 0 Å². The molecule has 3 amide bonds. The number of unbranched alkanes of at least 4 members (excludes halogenated alkanes) is 7. The molecule has 13 nitrogen and oxygen atoms in total. The lowest BCUT2D eigenvalue weighted by Gasteiger charge is -2.28. The van der Waals surface area contributed by atoms with E-state index in [0.717, 1.165) is 31.9 Å². The van der Waals surface area contributed by atoms with Crippen LogP contribution in [0.15, 0.2) is 18.2 Å². The van der Waals surface area contributed by atoms with Crippen LogP contribution < -0.4 is 14.8 Å². The molecule has 0 aromatic heterocycles. The van der Waals surface area contributed by atoms with Crippen LogP contribution in [-0.4, -0.2) is 79.6 Å². The van der Waals surface area contributed by atoms with Crippen LogP contribution >= 0.6 is 0 Å². The predicted octanol–water partition coefficient (Wildman–Crippen LogP) is 5.76. The van der Waals surface area contributed by atoms with Crippen LogP contribution in [0.1, 0.15) is 124 Å². The van der Waals surface area contributed by atoms with E-state index in [1.165, 1.54) is 57.7 Å². The summed E-state index contributed by atoms with van der Waals surface area (Å²) in [4.78, 5) is 66.9. The minimum atomic E-state index is -3.53. The Morgan fingerprint density at radius 3 is 2.08 bits per heavy atom. The van der Waals surface area contributed by atoms with Gasteiger partial charge >= 0.3 is 12.1 Å². The summed E-state index contributed by atoms with van der Waals surface area (Å²) >= 11 is 0.